The summed E-state index contributed by atoms with van der Waals surface area (Å²) in [4.78, 5) is 2.40. The fourth-order valence-electron chi connectivity index (χ4n) is 5.67. The van der Waals surface area contributed by atoms with E-state index in [1.807, 2.05) is 0 Å². The summed E-state index contributed by atoms with van der Waals surface area (Å²) >= 11 is 6.58. The van der Waals surface area contributed by atoms with Crippen molar-refractivity contribution in [3.8, 4) is 11.5 Å². The van der Waals surface area contributed by atoms with Crippen LogP contribution in [0.2, 0.25) is 5.02 Å². The lowest BCUT2D eigenvalue weighted by Crippen LogP contribution is -2.63. The number of phenols is 1. The van der Waals surface area contributed by atoms with E-state index in [1.54, 1.807) is 20.3 Å². The number of rotatable bonds is 2. The van der Waals surface area contributed by atoms with Gasteiger partial charge in [0, 0.05) is 35.2 Å². The molecule has 0 spiro atoms. The van der Waals surface area contributed by atoms with E-state index in [2.05, 4.69) is 11.9 Å². The summed E-state index contributed by atoms with van der Waals surface area (Å²) in [6.07, 6.45) is 2.38. The van der Waals surface area contributed by atoms with Crippen molar-refractivity contribution in [2.75, 3.05) is 27.8 Å². The smallest absolute Gasteiger partial charge is 0.162 e. The summed E-state index contributed by atoms with van der Waals surface area (Å²) in [6, 6.07) is 2.05. The predicted molar refractivity (Wildman–Crippen MR) is 95.6 cm³/mol. The molecule has 2 bridgehead atoms. The Morgan fingerprint density at radius 3 is 2.80 bits per heavy atom. The van der Waals surface area contributed by atoms with Crippen LogP contribution in [0.15, 0.2) is 6.07 Å². The molecule has 5 atom stereocenters. The summed E-state index contributed by atoms with van der Waals surface area (Å²) in [5.41, 5.74) is 1.64. The summed E-state index contributed by atoms with van der Waals surface area (Å²) in [5, 5.41) is 22.3. The lowest BCUT2D eigenvalue weighted by Gasteiger charge is -2.60. The van der Waals surface area contributed by atoms with Gasteiger partial charge in [-0.05, 0) is 50.8 Å². The number of phenolic OH excluding ortho intramolecular Hbond substituents is 1. The summed E-state index contributed by atoms with van der Waals surface area (Å²) < 4.78 is 10.9. The molecule has 1 aliphatic heterocycles. The molecule has 2 unspecified atom stereocenters. The predicted octanol–water partition coefficient (Wildman–Crippen LogP) is 2.34. The number of benzene rings is 1. The first kappa shape index (κ1) is 17.4. The molecule has 2 fully saturated rings. The van der Waals surface area contributed by atoms with E-state index in [0.29, 0.717) is 29.2 Å². The lowest BCUT2D eigenvalue weighted by molar-refractivity contribution is -0.114. The van der Waals surface area contributed by atoms with Crippen LogP contribution in [-0.2, 0) is 16.6 Å². The Kier molecular flexibility index (Phi) is 4.19. The van der Waals surface area contributed by atoms with Crippen LogP contribution in [0, 0.1) is 5.92 Å². The monoisotopic (exact) mass is 367 g/mol. The molecule has 6 heteroatoms. The van der Waals surface area contributed by atoms with Crippen molar-refractivity contribution in [1.82, 2.24) is 4.90 Å². The van der Waals surface area contributed by atoms with E-state index in [1.165, 1.54) is 0 Å². The largest absolute Gasteiger partial charge is 0.504 e. The van der Waals surface area contributed by atoms with E-state index in [0.717, 1.165) is 36.9 Å². The average molecular weight is 368 g/mol. The van der Waals surface area contributed by atoms with Gasteiger partial charge in [0.15, 0.2) is 11.5 Å². The molecule has 2 aliphatic carbocycles. The Balaban J connectivity index is 1.94. The SMILES string of the molecule is COc1cc(Cl)c2c(c1O)[C@@]13CCN(C)[C@@H](C2)C1CC(OC)[C@@H](O)C3. The van der Waals surface area contributed by atoms with Gasteiger partial charge in [0.2, 0.25) is 0 Å². The third kappa shape index (κ3) is 2.33. The minimum absolute atomic E-state index is 0.156. The highest BCUT2D eigenvalue weighted by molar-refractivity contribution is 6.31. The van der Waals surface area contributed by atoms with Gasteiger partial charge in [0.05, 0.1) is 19.3 Å². The second-order valence-electron chi connectivity index (χ2n) is 7.81. The van der Waals surface area contributed by atoms with Gasteiger partial charge in [0.25, 0.3) is 0 Å². The zero-order valence-corrected chi connectivity index (χ0v) is 15.7. The quantitative estimate of drug-likeness (QED) is 0.840. The first-order chi connectivity index (χ1) is 11.9. The third-order valence-corrected chi connectivity index (χ3v) is 7.23. The van der Waals surface area contributed by atoms with Crippen molar-refractivity contribution in [1.29, 1.82) is 0 Å². The molecule has 1 saturated carbocycles. The van der Waals surface area contributed by atoms with Gasteiger partial charge in [-0.15, -0.1) is 0 Å². The van der Waals surface area contributed by atoms with Crippen LogP contribution in [0.4, 0.5) is 0 Å². The number of likely N-dealkylation sites (tertiary alicyclic amines) is 1. The van der Waals surface area contributed by atoms with Gasteiger partial charge in [-0.2, -0.15) is 0 Å². The summed E-state index contributed by atoms with van der Waals surface area (Å²) in [6.45, 7) is 0.944. The van der Waals surface area contributed by atoms with Gasteiger partial charge in [-0.1, -0.05) is 11.6 Å². The Labute approximate surface area is 153 Å². The number of fused-ring (bicyclic) bond motifs is 1. The number of ether oxygens (including phenoxy) is 2. The molecule has 2 N–H and O–H groups in total. The normalized spacial score (nSPS) is 37.3. The second-order valence-corrected chi connectivity index (χ2v) is 8.22. The number of nitrogens with zero attached hydrogens (tertiary/aromatic N) is 1. The molecule has 1 saturated heterocycles. The Morgan fingerprint density at radius 2 is 2.12 bits per heavy atom. The van der Waals surface area contributed by atoms with E-state index in [-0.39, 0.29) is 17.3 Å². The zero-order valence-electron chi connectivity index (χ0n) is 15.0. The first-order valence-electron chi connectivity index (χ1n) is 8.93. The topological polar surface area (TPSA) is 62.2 Å². The standard InChI is InChI=1S/C19H26ClNO4/c1-21-5-4-19-9-14(22)15(24-2)7-11(19)13(21)6-10-12(20)8-16(25-3)18(23)17(10)19/h8,11,13-15,22-23H,4-7,9H2,1-3H3/t11?,13-,14-,15?,19+/m0/s1. The van der Waals surface area contributed by atoms with Gasteiger partial charge < -0.3 is 24.6 Å². The third-order valence-electron chi connectivity index (χ3n) is 6.89. The van der Waals surface area contributed by atoms with Crippen molar-refractivity contribution in [2.24, 2.45) is 5.92 Å². The van der Waals surface area contributed by atoms with Gasteiger partial charge in [-0.25, -0.2) is 0 Å². The average Bonchev–Trinajstić information content (AvgIpc) is 2.59. The number of likely N-dealkylation sites (N-methyl/N-ethyl adjacent to an activating group) is 1. The number of aliphatic hydroxyl groups excluding tert-OH is 1. The van der Waals surface area contributed by atoms with Crippen LogP contribution in [0.5, 0.6) is 11.5 Å². The first-order valence-corrected chi connectivity index (χ1v) is 9.30. The number of methoxy groups -OCH3 is 2. The fraction of sp³-hybridized carbons (Fsp3) is 0.684. The molecule has 3 aliphatic rings. The van der Waals surface area contributed by atoms with Crippen molar-refractivity contribution in [3.05, 3.63) is 22.2 Å². The Bertz CT molecular complexity index is 696. The van der Waals surface area contributed by atoms with Crippen molar-refractivity contribution < 1.29 is 19.7 Å². The van der Waals surface area contributed by atoms with Crippen LogP contribution in [-0.4, -0.2) is 61.2 Å². The number of halogens is 1. The maximum Gasteiger partial charge on any atom is 0.162 e. The molecular weight excluding hydrogens is 342 g/mol. The van der Waals surface area contributed by atoms with E-state index in [9.17, 15) is 10.2 Å². The molecular formula is C19H26ClNO4. The minimum Gasteiger partial charge on any atom is -0.504 e. The molecule has 4 rings (SSSR count). The van der Waals surface area contributed by atoms with Crippen LogP contribution in [0.1, 0.15) is 30.4 Å². The fourth-order valence-corrected chi connectivity index (χ4v) is 5.94. The van der Waals surface area contributed by atoms with Crippen molar-refractivity contribution in [3.63, 3.8) is 0 Å². The van der Waals surface area contributed by atoms with Gasteiger partial charge >= 0.3 is 0 Å². The minimum atomic E-state index is -0.541. The summed E-state index contributed by atoms with van der Waals surface area (Å²) in [7, 11) is 5.37. The molecule has 1 heterocycles. The molecule has 1 aromatic rings. The van der Waals surface area contributed by atoms with Crippen molar-refractivity contribution in [2.45, 2.75) is 49.3 Å². The lowest BCUT2D eigenvalue weighted by atomic mass is 9.51. The van der Waals surface area contributed by atoms with Crippen LogP contribution in [0.3, 0.4) is 0 Å². The number of hydrogen-bond acceptors (Lipinski definition) is 5. The van der Waals surface area contributed by atoms with E-state index >= 15 is 0 Å². The number of aliphatic hydroxyl groups is 1. The van der Waals surface area contributed by atoms with Gasteiger partial charge in [0.1, 0.15) is 0 Å². The van der Waals surface area contributed by atoms with Crippen LogP contribution < -0.4 is 4.74 Å². The Morgan fingerprint density at radius 1 is 1.36 bits per heavy atom. The highest BCUT2D eigenvalue weighted by Crippen LogP contribution is 2.60. The van der Waals surface area contributed by atoms with Gasteiger partial charge in [-0.3, -0.25) is 0 Å². The molecule has 1 aromatic carbocycles. The van der Waals surface area contributed by atoms with E-state index < -0.39 is 6.10 Å². The highest BCUT2D eigenvalue weighted by atomic mass is 35.5. The Hall–Kier alpha value is -1.01. The highest BCUT2D eigenvalue weighted by Gasteiger charge is 2.58. The maximum atomic E-state index is 11.0. The second kappa shape index (κ2) is 6.02. The molecule has 0 aromatic heterocycles. The molecule has 0 amide bonds. The molecule has 138 valence electrons. The molecule has 0 radical (unpaired) electrons. The summed E-state index contributed by atoms with van der Waals surface area (Å²) in [5.74, 6) is 0.928. The van der Waals surface area contributed by atoms with E-state index in [4.69, 9.17) is 21.1 Å². The maximum absolute atomic E-state index is 11.0. The zero-order chi connectivity index (χ0) is 17.9. The molecule has 5 nitrogen and oxygen atoms in total. The number of piperidine rings is 1. The number of hydrogen-bond donors (Lipinski definition) is 2. The van der Waals surface area contributed by atoms with Crippen LogP contribution >= 0.6 is 11.6 Å². The molecule has 25 heavy (non-hydrogen) atoms. The van der Waals surface area contributed by atoms with Crippen molar-refractivity contribution >= 4 is 11.6 Å². The number of aromatic hydroxyl groups is 1. The van der Waals surface area contributed by atoms with Crippen LogP contribution in [0.25, 0.3) is 0 Å².